The number of amidine groups is 1. The zero-order valence-corrected chi connectivity index (χ0v) is 9.25. The molecule has 1 aliphatic heterocycles. The molecule has 2 rings (SSSR count). The Hall–Kier alpha value is -1.43. The van der Waals surface area contributed by atoms with E-state index in [4.69, 9.17) is 5.41 Å². The fourth-order valence-corrected chi connectivity index (χ4v) is 1.83. The third-order valence-corrected chi connectivity index (χ3v) is 2.94. The Kier molecular flexibility index (Phi) is 2.46. The lowest BCUT2D eigenvalue weighted by molar-refractivity contribution is -0.214. The van der Waals surface area contributed by atoms with E-state index in [0.717, 1.165) is 15.7 Å². The topological polar surface area (TPSA) is 70.8 Å². The van der Waals surface area contributed by atoms with Crippen LogP contribution in [0.15, 0.2) is 30.3 Å². The molecule has 1 saturated heterocycles. The van der Waals surface area contributed by atoms with E-state index in [9.17, 15) is 10.4 Å². The lowest BCUT2D eigenvalue weighted by atomic mass is 10.1. The van der Waals surface area contributed by atoms with Gasteiger partial charge in [0.1, 0.15) is 11.4 Å². The van der Waals surface area contributed by atoms with Gasteiger partial charge in [-0.15, -0.1) is 5.06 Å². The van der Waals surface area contributed by atoms with Gasteiger partial charge in [-0.25, -0.2) is 5.06 Å². The van der Waals surface area contributed by atoms with Crippen molar-refractivity contribution in [1.29, 1.82) is 5.41 Å². The van der Waals surface area contributed by atoms with Crippen LogP contribution in [0.2, 0.25) is 0 Å². The molecule has 0 amide bonds. The monoisotopic (exact) mass is 221 g/mol. The highest BCUT2D eigenvalue weighted by Crippen LogP contribution is 2.37. The van der Waals surface area contributed by atoms with Crippen LogP contribution in [-0.2, 0) is 0 Å². The normalized spacial score (nSPS) is 25.1. The molecule has 16 heavy (non-hydrogen) atoms. The number of nitrogens with one attached hydrogen (secondary N) is 1. The van der Waals surface area contributed by atoms with E-state index in [1.165, 1.54) is 0 Å². The van der Waals surface area contributed by atoms with Crippen molar-refractivity contribution in [2.24, 2.45) is 0 Å². The Bertz CT molecular complexity index is 405. The van der Waals surface area contributed by atoms with Crippen LogP contribution in [-0.4, -0.2) is 31.9 Å². The Morgan fingerprint density at radius 2 is 1.75 bits per heavy atom. The van der Waals surface area contributed by atoms with Gasteiger partial charge in [-0.3, -0.25) is 10.6 Å². The molecule has 1 fully saturated rings. The van der Waals surface area contributed by atoms with Crippen molar-refractivity contribution in [1.82, 2.24) is 10.1 Å². The molecule has 0 spiro atoms. The maximum absolute atomic E-state index is 10.0. The highest BCUT2D eigenvalue weighted by Gasteiger charge is 2.49. The standard InChI is InChI=1S/C11H15N3O2/c1-11(2)10(12)13(15)9(14(11)16)8-6-4-3-5-7-8/h3-7,9,12,15-16H,1-2H3/t9-/m1/s1. The van der Waals surface area contributed by atoms with Crippen molar-refractivity contribution in [3.05, 3.63) is 35.9 Å². The minimum atomic E-state index is -0.894. The van der Waals surface area contributed by atoms with E-state index in [2.05, 4.69) is 0 Å². The highest BCUT2D eigenvalue weighted by atomic mass is 16.6. The third kappa shape index (κ3) is 1.41. The molecule has 1 aromatic rings. The number of nitrogens with zero attached hydrogens (tertiary/aromatic N) is 2. The minimum absolute atomic E-state index is 0.0242. The smallest absolute Gasteiger partial charge is 0.158 e. The van der Waals surface area contributed by atoms with Crippen molar-refractivity contribution >= 4 is 5.84 Å². The quantitative estimate of drug-likeness (QED) is 0.676. The average molecular weight is 221 g/mol. The molecule has 1 aliphatic rings. The molecule has 0 aromatic heterocycles. The summed E-state index contributed by atoms with van der Waals surface area (Å²) in [4.78, 5) is 0. The maximum atomic E-state index is 10.0. The van der Waals surface area contributed by atoms with Crippen LogP contribution in [0.5, 0.6) is 0 Å². The fraction of sp³-hybridized carbons (Fsp3) is 0.364. The molecule has 5 nitrogen and oxygen atoms in total. The van der Waals surface area contributed by atoms with Crippen molar-refractivity contribution in [2.45, 2.75) is 25.6 Å². The SMILES string of the molecule is CC1(C)C(=N)N(O)[C@@H](c2ccccc2)N1O. The van der Waals surface area contributed by atoms with E-state index in [-0.39, 0.29) is 5.84 Å². The molecule has 0 unspecified atom stereocenters. The lowest BCUT2D eigenvalue weighted by Crippen LogP contribution is -2.41. The lowest BCUT2D eigenvalue weighted by Gasteiger charge is -2.26. The summed E-state index contributed by atoms with van der Waals surface area (Å²) in [5.41, 5.74) is -0.155. The number of hydroxylamine groups is 4. The molecule has 0 bridgehead atoms. The van der Waals surface area contributed by atoms with Crippen molar-refractivity contribution in [3.8, 4) is 0 Å². The predicted octanol–water partition coefficient (Wildman–Crippen LogP) is 1.84. The summed E-state index contributed by atoms with van der Waals surface area (Å²) >= 11 is 0. The third-order valence-electron chi connectivity index (χ3n) is 2.94. The first-order chi connectivity index (χ1) is 7.46. The van der Waals surface area contributed by atoms with Gasteiger partial charge in [-0.1, -0.05) is 30.3 Å². The van der Waals surface area contributed by atoms with Gasteiger partial charge in [0.25, 0.3) is 0 Å². The van der Waals surface area contributed by atoms with Gasteiger partial charge in [0.05, 0.1) is 0 Å². The highest BCUT2D eigenvalue weighted by molar-refractivity contribution is 5.89. The van der Waals surface area contributed by atoms with Gasteiger partial charge in [-0.05, 0) is 19.4 Å². The first-order valence-electron chi connectivity index (χ1n) is 5.06. The zero-order chi connectivity index (χ0) is 11.9. The maximum Gasteiger partial charge on any atom is 0.158 e. The van der Waals surface area contributed by atoms with Crippen LogP contribution in [0.25, 0.3) is 0 Å². The molecule has 86 valence electrons. The van der Waals surface area contributed by atoms with Crippen molar-refractivity contribution < 1.29 is 10.4 Å². The zero-order valence-electron chi connectivity index (χ0n) is 9.25. The second-order valence-corrected chi connectivity index (χ2v) is 4.38. The van der Waals surface area contributed by atoms with Crippen LogP contribution in [0, 0.1) is 5.41 Å². The Balaban J connectivity index is 2.41. The molecular weight excluding hydrogens is 206 g/mol. The van der Waals surface area contributed by atoms with Crippen molar-refractivity contribution in [3.63, 3.8) is 0 Å². The second kappa shape index (κ2) is 3.55. The van der Waals surface area contributed by atoms with Gasteiger partial charge < -0.3 is 5.21 Å². The molecule has 1 atom stereocenters. The molecule has 0 radical (unpaired) electrons. The van der Waals surface area contributed by atoms with Crippen LogP contribution in [0.4, 0.5) is 0 Å². The van der Waals surface area contributed by atoms with Gasteiger partial charge in [0.2, 0.25) is 0 Å². The molecule has 1 heterocycles. The molecular formula is C11H15N3O2. The molecule has 0 aliphatic carbocycles. The minimum Gasteiger partial charge on any atom is -0.311 e. The molecule has 1 aromatic carbocycles. The van der Waals surface area contributed by atoms with E-state index < -0.39 is 11.7 Å². The van der Waals surface area contributed by atoms with E-state index in [1.807, 2.05) is 18.2 Å². The van der Waals surface area contributed by atoms with Gasteiger partial charge in [0, 0.05) is 0 Å². The van der Waals surface area contributed by atoms with Gasteiger partial charge >= 0.3 is 0 Å². The summed E-state index contributed by atoms with van der Waals surface area (Å²) < 4.78 is 0. The summed E-state index contributed by atoms with van der Waals surface area (Å²) in [6.45, 7) is 3.36. The van der Waals surface area contributed by atoms with Crippen molar-refractivity contribution in [2.75, 3.05) is 0 Å². The van der Waals surface area contributed by atoms with Crippen LogP contribution in [0.3, 0.4) is 0 Å². The predicted molar refractivity (Wildman–Crippen MR) is 58.2 cm³/mol. The summed E-state index contributed by atoms with van der Waals surface area (Å²) in [5.74, 6) is -0.0242. The first-order valence-corrected chi connectivity index (χ1v) is 5.06. The molecule has 5 heteroatoms. The second-order valence-electron chi connectivity index (χ2n) is 4.38. The number of benzene rings is 1. The Labute approximate surface area is 94.0 Å². The molecule has 0 saturated carbocycles. The van der Waals surface area contributed by atoms with E-state index >= 15 is 0 Å². The van der Waals surface area contributed by atoms with Gasteiger partial charge in [-0.2, -0.15) is 0 Å². The number of hydrogen-bond donors (Lipinski definition) is 3. The average Bonchev–Trinajstić information content (AvgIpc) is 2.42. The fourth-order valence-electron chi connectivity index (χ4n) is 1.83. The van der Waals surface area contributed by atoms with E-state index in [0.29, 0.717) is 0 Å². The Morgan fingerprint density at radius 3 is 2.19 bits per heavy atom. The van der Waals surface area contributed by atoms with Gasteiger partial charge in [0.15, 0.2) is 6.17 Å². The van der Waals surface area contributed by atoms with Crippen LogP contribution in [0.1, 0.15) is 25.6 Å². The van der Waals surface area contributed by atoms with Crippen LogP contribution < -0.4 is 0 Å². The van der Waals surface area contributed by atoms with Crippen LogP contribution >= 0.6 is 0 Å². The number of hydrogen-bond acceptors (Lipinski definition) is 4. The van der Waals surface area contributed by atoms with E-state index in [1.54, 1.807) is 26.0 Å². The summed E-state index contributed by atoms with van der Waals surface area (Å²) in [5, 5.41) is 29.3. The Morgan fingerprint density at radius 1 is 1.19 bits per heavy atom. The molecule has 3 N–H and O–H groups in total. The first kappa shape index (κ1) is 11.1. The summed E-state index contributed by atoms with van der Waals surface area (Å²) in [7, 11) is 0. The largest absolute Gasteiger partial charge is 0.311 e. The number of rotatable bonds is 1. The summed E-state index contributed by atoms with van der Waals surface area (Å²) in [6, 6.07) is 9.10. The summed E-state index contributed by atoms with van der Waals surface area (Å²) in [6.07, 6.45) is -0.719.